The van der Waals surface area contributed by atoms with E-state index in [9.17, 15) is 14.4 Å². The third kappa shape index (κ3) is 5.66. The van der Waals surface area contributed by atoms with Crippen molar-refractivity contribution in [3.8, 4) is 11.1 Å². The lowest BCUT2D eigenvalue weighted by molar-refractivity contribution is -0.138. The predicted molar refractivity (Wildman–Crippen MR) is 121 cm³/mol. The number of fused-ring (bicyclic) bond motifs is 3. The maximum absolute atomic E-state index is 12.5. The van der Waals surface area contributed by atoms with Crippen LogP contribution in [0.15, 0.2) is 48.5 Å². The highest BCUT2D eigenvalue weighted by atomic mass is 16.5. The van der Waals surface area contributed by atoms with Gasteiger partial charge in [-0.15, -0.1) is 0 Å². The molecule has 1 aliphatic carbocycles. The molecule has 170 valence electrons. The summed E-state index contributed by atoms with van der Waals surface area (Å²) in [6, 6.07) is 15.8. The SMILES string of the molecule is CCCN(CCC(=O)O)C(=O)C[C@H](C)NC(=O)OCC1c2ccccc2-c2ccccc21. The largest absolute Gasteiger partial charge is 0.481 e. The highest BCUT2D eigenvalue weighted by Gasteiger charge is 2.29. The highest BCUT2D eigenvalue weighted by Crippen LogP contribution is 2.44. The number of nitrogens with one attached hydrogen (secondary N) is 1. The van der Waals surface area contributed by atoms with Crippen LogP contribution >= 0.6 is 0 Å². The lowest BCUT2D eigenvalue weighted by Crippen LogP contribution is -2.40. The number of rotatable bonds is 10. The van der Waals surface area contributed by atoms with E-state index in [0.29, 0.717) is 6.54 Å². The number of carboxylic acids is 1. The van der Waals surface area contributed by atoms with Crippen LogP contribution in [-0.2, 0) is 14.3 Å². The number of ether oxygens (including phenoxy) is 1. The van der Waals surface area contributed by atoms with Crippen molar-refractivity contribution < 1.29 is 24.2 Å². The Labute approximate surface area is 188 Å². The molecule has 0 saturated carbocycles. The molecule has 0 fully saturated rings. The smallest absolute Gasteiger partial charge is 0.407 e. The van der Waals surface area contributed by atoms with Gasteiger partial charge in [0.05, 0.1) is 6.42 Å². The molecule has 1 atom stereocenters. The van der Waals surface area contributed by atoms with E-state index < -0.39 is 18.1 Å². The number of carboxylic acid groups (broad SMARTS) is 1. The van der Waals surface area contributed by atoms with E-state index in [2.05, 4.69) is 29.6 Å². The molecule has 2 aromatic carbocycles. The second-order valence-electron chi connectivity index (χ2n) is 8.10. The number of carbonyl (C=O) groups is 3. The molecule has 0 spiro atoms. The van der Waals surface area contributed by atoms with Crippen LogP contribution in [0, 0.1) is 0 Å². The molecule has 2 N–H and O–H groups in total. The summed E-state index contributed by atoms with van der Waals surface area (Å²) >= 11 is 0. The van der Waals surface area contributed by atoms with Crippen molar-refractivity contribution >= 4 is 18.0 Å². The molecule has 0 aromatic heterocycles. The summed E-state index contributed by atoms with van der Waals surface area (Å²) in [5.41, 5.74) is 4.60. The zero-order chi connectivity index (χ0) is 23.1. The third-order valence-corrected chi connectivity index (χ3v) is 5.63. The van der Waals surface area contributed by atoms with Crippen molar-refractivity contribution in [2.24, 2.45) is 0 Å². The summed E-state index contributed by atoms with van der Waals surface area (Å²) in [7, 11) is 0. The number of nitrogens with zero attached hydrogens (tertiary/aromatic N) is 1. The number of aliphatic carboxylic acids is 1. The summed E-state index contributed by atoms with van der Waals surface area (Å²) in [6.45, 7) is 4.53. The Hall–Kier alpha value is -3.35. The Morgan fingerprint density at radius 3 is 2.19 bits per heavy atom. The second kappa shape index (κ2) is 10.8. The zero-order valence-corrected chi connectivity index (χ0v) is 18.5. The Morgan fingerprint density at radius 2 is 1.62 bits per heavy atom. The summed E-state index contributed by atoms with van der Waals surface area (Å²) < 4.78 is 5.53. The van der Waals surface area contributed by atoms with Crippen molar-refractivity contribution in [3.63, 3.8) is 0 Å². The standard InChI is InChI=1S/C25H30N2O5/c1-3-13-27(14-12-24(29)30)23(28)15-17(2)26-25(31)32-16-22-20-10-6-4-8-18(20)19-9-5-7-11-21(19)22/h4-11,17,22H,3,12-16H2,1-2H3,(H,26,31)(H,29,30)/t17-/m0/s1. The van der Waals surface area contributed by atoms with Gasteiger partial charge in [0.2, 0.25) is 5.91 Å². The molecule has 2 aromatic rings. The minimum Gasteiger partial charge on any atom is -0.481 e. The normalized spacial score (nSPS) is 13.1. The molecular formula is C25H30N2O5. The topological polar surface area (TPSA) is 95.9 Å². The molecule has 0 radical (unpaired) electrons. The van der Waals surface area contributed by atoms with Gasteiger partial charge < -0.3 is 20.1 Å². The van der Waals surface area contributed by atoms with Crippen LogP contribution < -0.4 is 5.32 Å². The Balaban J connectivity index is 1.53. The molecule has 0 saturated heterocycles. The lowest BCUT2D eigenvalue weighted by Gasteiger charge is -2.23. The van der Waals surface area contributed by atoms with Gasteiger partial charge in [-0.25, -0.2) is 4.79 Å². The minimum absolute atomic E-state index is 0.0267. The molecule has 0 aliphatic heterocycles. The van der Waals surface area contributed by atoms with Crippen molar-refractivity contribution in [1.29, 1.82) is 0 Å². The van der Waals surface area contributed by atoms with Crippen LogP contribution in [-0.4, -0.2) is 53.7 Å². The fourth-order valence-electron chi connectivity index (χ4n) is 4.15. The van der Waals surface area contributed by atoms with E-state index >= 15 is 0 Å². The maximum Gasteiger partial charge on any atom is 0.407 e. The van der Waals surface area contributed by atoms with Gasteiger partial charge in [0.15, 0.2) is 0 Å². The number of alkyl carbamates (subject to hydrolysis) is 1. The number of hydrogen-bond acceptors (Lipinski definition) is 4. The average molecular weight is 439 g/mol. The molecule has 32 heavy (non-hydrogen) atoms. The molecule has 7 nitrogen and oxygen atoms in total. The van der Waals surface area contributed by atoms with Gasteiger partial charge in [-0.2, -0.15) is 0 Å². The second-order valence-corrected chi connectivity index (χ2v) is 8.10. The van der Waals surface area contributed by atoms with Crippen LogP contribution in [0.3, 0.4) is 0 Å². The summed E-state index contributed by atoms with van der Waals surface area (Å²) in [5.74, 6) is -1.15. The van der Waals surface area contributed by atoms with Crippen molar-refractivity contribution in [1.82, 2.24) is 10.2 Å². The molecule has 2 amide bonds. The number of benzene rings is 2. The van der Waals surface area contributed by atoms with Crippen LogP contribution in [0.1, 0.15) is 50.2 Å². The van der Waals surface area contributed by atoms with Crippen molar-refractivity contribution in [2.75, 3.05) is 19.7 Å². The first-order valence-electron chi connectivity index (χ1n) is 11.0. The first-order valence-corrected chi connectivity index (χ1v) is 11.0. The summed E-state index contributed by atoms with van der Waals surface area (Å²) in [4.78, 5) is 37.3. The highest BCUT2D eigenvalue weighted by molar-refractivity contribution is 5.80. The van der Waals surface area contributed by atoms with Crippen LogP contribution in [0.4, 0.5) is 4.79 Å². The molecular weight excluding hydrogens is 408 g/mol. The van der Waals surface area contributed by atoms with Crippen molar-refractivity contribution in [2.45, 2.75) is 45.1 Å². The lowest BCUT2D eigenvalue weighted by atomic mass is 9.98. The monoisotopic (exact) mass is 438 g/mol. The van der Waals surface area contributed by atoms with Gasteiger partial charge in [0.25, 0.3) is 0 Å². The number of hydrogen-bond donors (Lipinski definition) is 2. The Bertz CT molecular complexity index is 929. The zero-order valence-electron chi connectivity index (χ0n) is 18.5. The molecule has 1 aliphatic rings. The van der Waals surface area contributed by atoms with Crippen LogP contribution in [0.5, 0.6) is 0 Å². The van der Waals surface area contributed by atoms with E-state index in [4.69, 9.17) is 9.84 Å². The maximum atomic E-state index is 12.5. The van der Waals surface area contributed by atoms with Crippen LogP contribution in [0.2, 0.25) is 0 Å². The fourth-order valence-corrected chi connectivity index (χ4v) is 4.15. The van der Waals surface area contributed by atoms with Crippen LogP contribution in [0.25, 0.3) is 11.1 Å². The Kier molecular flexibility index (Phi) is 7.87. The molecule has 0 heterocycles. The molecule has 7 heteroatoms. The summed E-state index contributed by atoms with van der Waals surface area (Å²) in [5, 5.41) is 11.6. The molecule has 0 unspecified atom stereocenters. The molecule has 0 bridgehead atoms. The van der Waals surface area contributed by atoms with Gasteiger partial charge >= 0.3 is 12.1 Å². The van der Waals surface area contributed by atoms with Gasteiger partial charge in [-0.1, -0.05) is 55.5 Å². The molecule has 3 rings (SSSR count). The predicted octanol–water partition coefficient (Wildman–Crippen LogP) is 4.02. The third-order valence-electron chi connectivity index (χ3n) is 5.63. The first-order chi connectivity index (χ1) is 15.4. The van der Waals surface area contributed by atoms with Gasteiger partial charge in [-0.3, -0.25) is 9.59 Å². The van der Waals surface area contributed by atoms with Gasteiger partial charge in [-0.05, 0) is 35.6 Å². The Morgan fingerprint density at radius 1 is 1.03 bits per heavy atom. The average Bonchev–Trinajstić information content (AvgIpc) is 3.08. The minimum atomic E-state index is -0.941. The van der Waals surface area contributed by atoms with E-state index in [-0.39, 0.29) is 37.8 Å². The quantitative estimate of drug-likeness (QED) is 0.584. The fraction of sp³-hybridized carbons (Fsp3) is 0.400. The van der Waals surface area contributed by atoms with Gasteiger partial charge in [0.1, 0.15) is 6.61 Å². The number of carbonyl (C=O) groups excluding carboxylic acids is 2. The summed E-state index contributed by atoms with van der Waals surface area (Å²) in [6.07, 6.45) is 0.156. The van der Waals surface area contributed by atoms with E-state index in [1.165, 1.54) is 4.90 Å². The van der Waals surface area contributed by atoms with Gasteiger partial charge in [0, 0.05) is 31.5 Å². The number of amides is 2. The first kappa shape index (κ1) is 23.3. The van der Waals surface area contributed by atoms with E-state index in [1.54, 1.807) is 6.92 Å². The van der Waals surface area contributed by atoms with Crippen molar-refractivity contribution in [3.05, 3.63) is 59.7 Å². The van der Waals surface area contributed by atoms with E-state index in [1.807, 2.05) is 31.2 Å². The van der Waals surface area contributed by atoms with E-state index in [0.717, 1.165) is 28.7 Å².